The summed E-state index contributed by atoms with van der Waals surface area (Å²) in [7, 11) is 3.97. The molecule has 0 N–H and O–H groups in total. The molecule has 6 nitrogen and oxygen atoms in total. The summed E-state index contributed by atoms with van der Waals surface area (Å²) in [4.78, 5) is 17.1. The van der Waals surface area contributed by atoms with Crippen LogP contribution < -0.4 is 9.80 Å². The first-order valence-electron chi connectivity index (χ1n) is 9.62. The van der Waals surface area contributed by atoms with Crippen molar-refractivity contribution in [3.63, 3.8) is 0 Å². The molecule has 0 aliphatic rings. The van der Waals surface area contributed by atoms with E-state index in [0.717, 1.165) is 28.0 Å². The van der Waals surface area contributed by atoms with E-state index in [1.807, 2.05) is 91.8 Å². The number of benzene rings is 3. The van der Waals surface area contributed by atoms with Crippen molar-refractivity contribution in [2.45, 2.75) is 13.1 Å². The van der Waals surface area contributed by atoms with Gasteiger partial charge in [-0.15, -0.1) is 5.10 Å². The molecule has 4 rings (SSSR count). The predicted molar refractivity (Wildman–Crippen MR) is 121 cm³/mol. The van der Waals surface area contributed by atoms with Gasteiger partial charge in [-0.1, -0.05) is 41.1 Å². The van der Waals surface area contributed by atoms with Crippen LogP contribution in [0.15, 0.2) is 72.8 Å². The third-order valence-corrected chi connectivity index (χ3v) is 5.15. The SMILES string of the molecule is CN(C)c1ccc(N(Cc2cccc(Cl)c2)C(=O)Cn2nnc3ccccc32)cc1. The van der Waals surface area contributed by atoms with Crippen molar-refractivity contribution in [2.75, 3.05) is 23.9 Å². The third-order valence-electron chi connectivity index (χ3n) is 4.91. The second-order valence-corrected chi connectivity index (χ2v) is 7.69. The molecular formula is C23H22ClN5O. The van der Waals surface area contributed by atoms with Crippen LogP contribution in [-0.4, -0.2) is 35.0 Å². The molecule has 152 valence electrons. The van der Waals surface area contributed by atoms with Crippen LogP contribution in [0.2, 0.25) is 5.02 Å². The Morgan fingerprint density at radius 3 is 2.43 bits per heavy atom. The first-order valence-corrected chi connectivity index (χ1v) is 9.99. The number of hydrogen-bond donors (Lipinski definition) is 0. The largest absolute Gasteiger partial charge is 0.378 e. The van der Waals surface area contributed by atoms with Gasteiger partial charge in [-0.25, -0.2) is 4.68 Å². The predicted octanol–water partition coefficient (Wildman–Crippen LogP) is 4.38. The van der Waals surface area contributed by atoms with Crippen molar-refractivity contribution >= 4 is 39.9 Å². The van der Waals surface area contributed by atoms with Crippen LogP contribution >= 0.6 is 11.6 Å². The van der Waals surface area contributed by atoms with Crippen molar-refractivity contribution in [3.8, 4) is 0 Å². The Bertz CT molecular complexity index is 1170. The van der Waals surface area contributed by atoms with Gasteiger partial charge in [0.15, 0.2) is 0 Å². The minimum atomic E-state index is -0.0803. The molecule has 0 spiro atoms. The number of halogens is 1. The van der Waals surface area contributed by atoms with Crippen molar-refractivity contribution in [2.24, 2.45) is 0 Å². The van der Waals surface area contributed by atoms with Gasteiger partial charge in [0.1, 0.15) is 12.1 Å². The number of carbonyl (C=O) groups excluding carboxylic acids is 1. The monoisotopic (exact) mass is 419 g/mol. The molecule has 0 aliphatic heterocycles. The van der Waals surface area contributed by atoms with Crippen LogP contribution in [0.5, 0.6) is 0 Å². The van der Waals surface area contributed by atoms with Crippen LogP contribution in [0.3, 0.4) is 0 Å². The van der Waals surface area contributed by atoms with Crippen LogP contribution in [0.1, 0.15) is 5.56 Å². The quantitative estimate of drug-likeness (QED) is 0.465. The summed E-state index contributed by atoms with van der Waals surface area (Å²) < 4.78 is 1.64. The van der Waals surface area contributed by atoms with Crippen LogP contribution in [-0.2, 0) is 17.9 Å². The maximum absolute atomic E-state index is 13.4. The van der Waals surface area contributed by atoms with Gasteiger partial charge in [-0.3, -0.25) is 4.79 Å². The average Bonchev–Trinajstić information content (AvgIpc) is 3.15. The van der Waals surface area contributed by atoms with E-state index < -0.39 is 0 Å². The molecule has 0 bridgehead atoms. The molecule has 0 saturated heterocycles. The number of aromatic nitrogens is 3. The fraction of sp³-hybridized carbons (Fsp3) is 0.174. The summed E-state index contributed by atoms with van der Waals surface area (Å²) >= 11 is 6.16. The minimum absolute atomic E-state index is 0.0803. The van der Waals surface area contributed by atoms with Crippen molar-refractivity contribution in [1.29, 1.82) is 0 Å². The Kier molecular flexibility index (Phi) is 5.68. The zero-order valence-electron chi connectivity index (χ0n) is 16.9. The number of hydrogen-bond acceptors (Lipinski definition) is 4. The standard InChI is InChI=1S/C23H22ClN5O/c1-27(2)19-10-12-20(13-11-19)28(15-17-6-5-7-18(24)14-17)23(30)16-29-22-9-4-3-8-21(22)25-26-29/h3-14H,15-16H2,1-2H3. The molecule has 0 radical (unpaired) electrons. The molecule has 30 heavy (non-hydrogen) atoms. The van der Waals surface area contributed by atoms with Crippen molar-refractivity contribution in [3.05, 3.63) is 83.4 Å². The fourth-order valence-electron chi connectivity index (χ4n) is 3.32. The van der Waals surface area contributed by atoms with E-state index in [9.17, 15) is 4.79 Å². The van der Waals surface area contributed by atoms with Gasteiger partial charge < -0.3 is 9.80 Å². The summed E-state index contributed by atoms with van der Waals surface area (Å²) in [5.41, 5.74) is 4.43. The first-order chi connectivity index (χ1) is 14.5. The Hall–Kier alpha value is -3.38. The highest BCUT2D eigenvalue weighted by Crippen LogP contribution is 2.23. The molecule has 1 amide bonds. The first kappa shape index (κ1) is 19.9. The van der Waals surface area contributed by atoms with Gasteiger partial charge in [-0.2, -0.15) is 0 Å². The number of para-hydroxylation sites is 1. The summed E-state index contributed by atoms with van der Waals surface area (Å²) in [6, 6.07) is 23.1. The van der Waals surface area contributed by atoms with E-state index in [2.05, 4.69) is 10.3 Å². The Morgan fingerprint density at radius 1 is 0.967 bits per heavy atom. The van der Waals surface area contributed by atoms with Gasteiger partial charge in [0.25, 0.3) is 0 Å². The van der Waals surface area contributed by atoms with E-state index >= 15 is 0 Å². The van der Waals surface area contributed by atoms with Gasteiger partial charge >= 0.3 is 0 Å². The molecule has 0 atom stereocenters. The number of anilines is 2. The second kappa shape index (κ2) is 8.55. The average molecular weight is 420 g/mol. The fourth-order valence-corrected chi connectivity index (χ4v) is 3.53. The number of nitrogens with zero attached hydrogens (tertiary/aromatic N) is 5. The number of amides is 1. The molecule has 7 heteroatoms. The summed E-state index contributed by atoms with van der Waals surface area (Å²) in [6.07, 6.45) is 0. The van der Waals surface area contributed by atoms with Crippen LogP contribution in [0, 0.1) is 0 Å². The molecule has 1 heterocycles. The van der Waals surface area contributed by atoms with Crippen molar-refractivity contribution in [1.82, 2.24) is 15.0 Å². The topological polar surface area (TPSA) is 54.3 Å². The van der Waals surface area contributed by atoms with Crippen LogP contribution in [0.25, 0.3) is 11.0 Å². The lowest BCUT2D eigenvalue weighted by molar-refractivity contribution is -0.119. The number of carbonyl (C=O) groups is 1. The molecule has 0 saturated carbocycles. The Labute approximate surface area is 180 Å². The molecule has 0 aliphatic carbocycles. The maximum Gasteiger partial charge on any atom is 0.249 e. The maximum atomic E-state index is 13.4. The Morgan fingerprint density at radius 2 is 1.70 bits per heavy atom. The third kappa shape index (κ3) is 4.28. The van der Waals surface area contributed by atoms with Gasteiger partial charge in [0.05, 0.1) is 12.1 Å². The van der Waals surface area contributed by atoms with E-state index in [-0.39, 0.29) is 12.5 Å². The number of rotatable bonds is 6. The highest BCUT2D eigenvalue weighted by Gasteiger charge is 2.19. The summed E-state index contributed by atoms with van der Waals surface area (Å²) in [6.45, 7) is 0.504. The van der Waals surface area contributed by atoms with E-state index in [1.165, 1.54) is 0 Å². The minimum Gasteiger partial charge on any atom is -0.378 e. The zero-order chi connectivity index (χ0) is 21.1. The van der Waals surface area contributed by atoms with Gasteiger partial charge in [0, 0.05) is 30.5 Å². The molecule has 4 aromatic rings. The van der Waals surface area contributed by atoms with E-state index in [0.29, 0.717) is 11.6 Å². The number of fused-ring (bicyclic) bond motifs is 1. The van der Waals surface area contributed by atoms with Gasteiger partial charge in [0.2, 0.25) is 5.91 Å². The molecule has 3 aromatic carbocycles. The van der Waals surface area contributed by atoms with Crippen LogP contribution in [0.4, 0.5) is 11.4 Å². The lowest BCUT2D eigenvalue weighted by Crippen LogP contribution is -2.33. The summed E-state index contributed by atoms with van der Waals surface area (Å²) in [5.74, 6) is -0.0803. The smallest absolute Gasteiger partial charge is 0.249 e. The zero-order valence-corrected chi connectivity index (χ0v) is 17.6. The van der Waals surface area contributed by atoms with E-state index in [1.54, 1.807) is 9.58 Å². The van der Waals surface area contributed by atoms with Crippen molar-refractivity contribution < 1.29 is 4.79 Å². The normalized spacial score (nSPS) is 10.9. The lowest BCUT2D eigenvalue weighted by Gasteiger charge is -2.24. The second-order valence-electron chi connectivity index (χ2n) is 7.26. The Balaban J connectivity index is 1.65. The lowest BCUT2D eigenvalue weighted by atomic mass is 10.2. The van der Waals surface area contributed by atoms with Gasteiger partial charge in [-0.05, 0) is 54.1 Å². The highest BCUT2D eigenvalue weighted by atomic mass is 35.5. The molecule has 0 fully saturated rings. The summed E-state index contributed by atoms with van der Waals surface area (Å²) in [5, 5.41) is 8.95. The molecular weight excluding hydrogens is 398 g/mol. The molecule has 0 unspecified atom stereocenters. The molecule has 1 aromatic heterocycles. The highest BCUT2D eigenvalue weighted by molar-refractivity contribution is 6.30. The van der Waals surface area contributed by atoms with E-state index in [4.69, 9.17) is 11.6 Å².